The zero-order chi connectivity index (χ0) is 20.0. The molecule has 1 radical (unpaired) electrons. The van der Waals surface area contributed by atoms with Gasteiger partial charge in [0.2, 0.25) is 5.43 Å². The quantitative estimate of drug-likeness (QED) is 0.558. The predicted octanol–water partition coefficient (Wildman–Crippen LogP) is 4.40. The van der Waals surface area contributed by atoms with Crippen LogP contribution in [-0.4, -0.2) is 28.7 Å². The van der Waals surface area contributed by atoms with Crippen LogP contribution in [0.3, 0.4) is 0 Å². The fraction of sp³-hybridized carbons (Fsp3) is 0.524. The van der Waals surface area contributed by atoms with E-state index >= 15 is 4.39 Å². The van der Waals surface area contributed by atoms with Gasteiger partial charge in [-0.15, -0.1) is 0 Å². The van der Waals surface area contributed by atoms with Crippen molar-refractivity contribution in [1.29, 1.82) is 0 Å². The summed E-state index contributed by atoms with van der Waals surface area (Å²) in [5.74, 6) is -1.58. The van der Waals surface area contributed by atoms with Gasteiger partial charge in [-0.3, -0.25) is 4.79 Å². The minimum absolute atomic E-state index is 0. The molecule has 0 amide bonds. The average Bonchev–Trinajstić information content (AvgIpc) is 3.53. The van der Waals surface area contributed by atoms with Gasteiger partial charge in [-0.25, -0.2) is 9.18 Å². The largest absolute Gasteiger partial charge is 0.696 e. The van der Waals surface area contributed by atoms with Gasteiger partial charge in [0.1, 0.15) is 11.4 Å². The van der Waals surface area contributed by atoms with Crippen molar-refractivity contribution in [3.63, 3.8) is 0 Å². The van der Waals surface area contributed by atoms with Crippen LogP contribution in [0.25, 0.3) is 16.6 Å². The van der Waals surface area contributed by atoms with Crippen molar-refractivity contribution < 1.29 is 58.4 Å². The number of pyridine rings is 1. The molecule has 1 spiro atoms. The minimum atomic E-state index is -1.34. The fourth-order valence-electron chi connectivity index (χ4n) is 5.03. The SMILES string of the molecule is Cc1c(N2CC(C)C3(CC3)C2)c(F)c([NH-])c2c(=O)c(C(=O)O)cn(C3CC3)c12.[Ac]. The van der Waals surface area contributed by atoms with E-state index in [0.29, 0.717) is 22.7 Å². The monoisotopic (exact) mass is 611 g/mol. The summed E-state index contributed by atoms with van der Waals surface area (Å²) in [6, 6.07) is 0.102. The molecule has 3 aliphatic rings. The maximum absolute atomic E-state index is 15.4. The molecule has 1 atom stereocenters. The van der Waals surface area contributed by atoms with Gasteiger partial charge in [-0.05, 0) is 49.5 Å². The van der Waals surface area contributed by atoms with Crippen LogP contribution >= 0.6 is 0 Å². The number of aromatic nitrogens is 1. The Balaban J connectivity index is 0.00000205. The molecule has 1 saturated heterocycles. The van der Waals surface area contributed by atoms with Crippen LogP contribution in [0.1, 0.15) is 54.6 Å². The Kier molecular flexibility index (Phi) is 5.06. The van der Waals surface area contributed by atoms with Gasteiger partial charge in [0, 0.05) is 74.8 Å². The second kappa shape index (κ2) is 6.95. The number of carbonyl (C=O) groups is 1. The summed E-state index contributed by atoms with van der Waals surface area (Å²) in [5, 5.41) is 9.31. The first-order chi connectivity index (χ1) is 13.2. The van der Waals surface area contributed by atoms with Crippen LogP contribution in [0.4, 0.5) is 15.8 Å². The minimum Gasteiger partial charge on any atom is -0.696 e. The molecule has 151 valence electrons. The average molecular weight is 611 g/mol. The van der Waals surface area contributed by atoms with Gasteiger partial charge >= 0.3 is 5.97 Å². The Hall–Kier alpha value is -1.13. The first-order valence-corrected chi connectivity index (χ1v) is 9.86. The Morgan fingerprint density at radius 2 is 2.00 bits per heavy atom. The van der Waals surface area contributed by atoms with Crippen LogP contribution in [0, 0.1) is 68.1 Å². The molecule has 2 heterocycles. The van der Waals surface area contributed by atoms with Crippen LogP contribution in [0.15, 0.2) is 11.0 Å². The maximum atomic E-state index is 15.4. The van der Waals surface area contributed by atoms with Crippen LogP contribution in [0.2, 0.25) is 0 Å². The van der Waals surface area contributed by atoms with Crippen molar-refractivity contribution in [3.8, 4) is 0 Å². The van der Waals surface area contributed by atoms with Crippen LogP contribution in [0.5, 0.6) is 0 Å². The number of benzene rings is 1. The second-order valence-electron chi connectivity index (χ2n) is 8.85. The van der Waals surface area contributed by atoms with Crippen molar-refractivity contribution in [2.75, 3.05) is 18.0 Å². The molecule has 2 aromatic rings. The topological polar surface area (TPSA) is 86.3 Å². The summed E-state index contributed by atoms with van der Waals surface area (Å²) in [6.45, 7) is 5.50. The second-order valence-corrected chi connectivity index (χ2v) is 8.85. The standard InChI is InChI=1S/C21H24FN3O3.Ac/c1-10-7-24(9-21(10)5-6-21)18-11(2)17-14(16(23)15(18)22)19(26)13(20(27)28)8-25(17)12-3-4-12;/h8,10,12H,3-7,9H2,1-2H3,(H3,23,26,27,28);/p-1. The van der Waals surface area contributed by atoms with Crippen molar-refractivity contribution in [2.45, 2.75) is 45.6 Å². The molecule has 1 aliphatic heterocycles. The fourth-order valence-corrected chi connectivity index (χ4v) is 5.03. The molecule has 1 unspecified atom stereocenters. The van der Waals surface area contributed by atoms with Crippen molar-refractivity contribution >= 4 is 28.2 Å². The number of aromatic carboxylic acids is 1. The first-order valence-electron chi connectivity index (χ1n) is 9.86. The third-order valence-corrected chi connectivity index (χ3v) is 7.05. The molecule has 1 aromatic heterocycles. The third-order valence-electron chi connectivity index (χ3n) is 7.05. The van der Waals surface area contributed by atoms with Gasteiger partial charge in [0.15, 0.2) is 0 Å². The smallest absolute Gasteiger partial charge is 0.341 e. The van der Waals surface area contributed by atoms with E-state index in [1.807, 2.05) is 4.90 Å². The van der Waals surface area contributed by atoms with Crippen LogP contribution in [-0.2, 0) is 0 Å². The number of hydrogen-bond donors (Lipinski definition) is 1. The summed E-state index contributed by atoms with van der Waals surface area (Å²) >= 11 is 0. The third kappa shape index (κ3) is 3.05. The first kappa shape index (κ1) is 21.1. The molecule has 8 heteroatoms. The van der Waals surface area contributed by atoms with E-state index in [9.17, 15) is 14.7 Å². The van der Waals surface area contributed by atoms with E-state index in [-0.39, 0.29) is 60.9 Å². The number of nitrogens with zero attached hydrogens (tertiary/aromatic N) is 2. The summed E-state index contributed by atoms with van der Waals surface area (Å²) in [5.41, 5.74) is 8.55. The summed E-state index contributed by atoms with van der Waals surface area (Å²) in [4.78, 5) is 26.4. The Morgan fingerprint density at radius 1 is 1.34 bits per heavy atom. The van der Waals surface area contributed by atoms with Gasteiger partial charge in [-0.2, -0.15) is 0 Å². The molecule has 3 fully saturated rings. The van der Waals surface area contributed by atoms with E-state index in [4.69, 9.17) is 5.73 Å². The van der Waals surface area contributed by atoms with Gasteiger partial charge in [0.05, 0.1) is 11.2 Å². The van der Waals surface area contributed by atoms with Crippen LogP contribution < -0.4 is 10.3 Å². The van der Waals surface area contributed by atoms with Crippen molar-refractivity contribution in [3.05, 3.63) is 39.1 Å². The van der Waals surface area contributed by atoms with E-state index in [2.05, 4.69) is 6.92 Å². The molecule has 6 nitrogen and oxygen atoms in total. The summed E-state index contributed by atoms with van der Waals surface area (Å²) in [7, 11) is 0. The van der Waals surface area contributed by atoms with Gasteiger partial charge in [0.25, 0.3) is 0 Å². The van der Waals surface area contributed by atoms with Crippen molar-refractivity contribution in [1.82, 2.24) is 4.57 Å². The van der Waals surface area contributed by atoms with Gasteiger partial charge < -0.3 is 20.3 Å². The Labute approximate surface area is 203 Å². The van der Waals surface area contributed by atoms with Crippen molar-refractivity contribution in [2.24, 2.45) is 11.3 Å². The molecule has 0 bridgehead atoms. The number of nitrogens with one attached hydrogen (secondary N) is 1. The van der Waals surface area contributed by atoms with E-state index in [0.717, 1.165) is 38.8 Å². The summed E-state index contributed by atoms with van der Waals surface area (Å²) < 4.78 is 17.2. The molecule has 2 saturated carbocycles. The maximum Gasteiger partial charge on any atom is 0.341 e. The number of fused-ring (bicyclic) bond motifs is 1. The van der Waals surface area contributed by atoms with E-state index in [1.165, 1.54) is 6.20 Å². The number of halogens is 1. The zero-order valence-corrected chi connectivity index (χ0v) is 21.3. The number of hydrogen-bond acceptors (Lipinski definition) is 3. The number of rotatable bonds is 3. The Bertz CT molecular complexity index is 1110. The molecule has 1 aromatic carbocycles. The van der Waals surface area contributed by atoms with Gasteiger partial charge in [-0.1, -0.05) is 12.6 Å². The summed E-state index contributed by atoms with van der Waals surface area (Å²) in [6.07, 6.45) is 5.47. The number of carboxylic acids is 1. The van der Waals surface area contributed by atoms with E-state index in [1.54, 1.807) is 11.5 Å². The predicted molar refractivity (Wildman–Crippen MR) is 105 cm³/mol. The normalized spacial score (nSPS) is 22.2. The molecule has 29 heavy (non-hydrogen) atoms. The molecule has 2 N–H and O–H groups in total. The number of carboxylic acid groups (broad SMARTS) is 1. The molecular weight excluding hydrogens is 588 g/mol. The molecular formula is C21H23AcFN3O3-. The zero-order valence-electron chi connectivity index (χ0n) is 16.6. The molecule has 5 rings (SSSR count). The molecule has 2 aliphatic carbocycles. The van der Waals surface area contributed by atoms with E-state index < -0.39 is 28.5 Å². The Morgan fingerprint density at radius 3 is 2.52 bits per heavy atom. The number of aryl methyl sites for hydroxylation is 1. The number of anilines is 1.